The second-order valence-electron chi connectivity index (χ2n) is 3.94. The van der Waals surface area contributed by atoms with Crippen LogP contribution in [0.4, 0.5) is 0 Å². The third-order valence-electron chi connectivity index (χ3n) is 2.35. The van der Waals surface area contributed by atoms with E-state index in [0.717, 1.165) is 30.1 Å². The molecular weight excluding hydrogens is 202 g/mol. The zero-order chi connectivity index (χ0) is 12.1. The Kier molecular flexibility index (Phi) is 4.43. The molecule has 1 aromatic heterocycles. The van der Waals surface area contributed by atoms with E-state index in [1.54, 1.807) is 4.57 Å². The number of likely N-dealkylation sites (N-methyl/N-ethyl adjacent to an activating group) is 1. The van der Waals surface area contributed by atoms with Crippen LogP contribution in [0.2, 0.25) is 0 Å². The van der Waals surface area contributed by atoms with Gasteiger partial charge in [-0.25, -0.2) is 4.79 Å². The van der Waals surface area contributed by atoms with Crippen molar-refractivity contribution >= 4 is 0 Å². The minimum atomic E-state index is -0.199. The quantitative estimate of drug-likeness (QED) is 0.755. The van der Waals surface area contributed by atoms with Crippen LogP contribution in [0.15, 0.2) is 23.0 Å². The average molecular weight is 221 g/mol. The minimum absolute atomic E-state index is 0.199. The van der Waals surface area contributed by atoms with E-state index in [9.17, 15) is 4.79 Å². The lowest BCUT2D eigenvalue weighted by atomic mass is 10.2. The molecule has 4 heteroatoms. The van der Waals surface area contributed by atoms with Crippen molar-refractivity contribution in [1.82, 2.24) is 14.9 Å². The van der Waals surface area contributed by atoms with Gasteiger partial charge in [0.1, 0.15) is 0 Å². The first kappa shape index (κ1) is 12.6. The fourth-order valence-electron chi connectivity index (χ4n) is 1.55. The third kappa shape index (κ3) is 3.31. The average Bonchev–Trinajstić information content (AvgIpc) is 2.20. The Morgan fingerprint density at radius 3 is 2.81 bits per heavy atom. The largest absolute Gasteiger partial charge is 0.348 e. The van der Waals surface area contributed by atoms with Crippen molar-refractivity contribution in [1.29, 1.82) is 0 Å². The predicted molar refractivity (Wildman–Crippen MR) is 65.7 cm³/mol. The van der Waals surface area contributed by atoms with Crippen LogP contribution in [0.3, 0.4) is 0 Å². The summed E-state index contributed by atoms with van der Waals surface area (Å²) in [7, 11) is 0. The number of aryl methyl sites for hydroxylation is 2. The zero-order valence-corrected chi connectivity index (χ0v) is 10.2. The van der Waals surface area contributed by atoms with E-state index in [0.29, 0.717) is 6.54 Å². The molecule has 0 unspecified atom stereocenters. The van der Waals surface area contributed by atoms with Crippen LogP contribution in [0, 0.1) is 13.8 Å². The summed E-state index contributed by atoms with van der Waals surface area (Å²) in [6.45, 7) is 11.9. The normalized spacial score (nSPS) is 10.4. The highest BCUT2D eigenvalue weighted by molar-refractivity contribution is 5.09. The summed E-state index contributed by atoms with van der Waals surface area (Å²) in [5.41, 5.74) is 2.47. The Balaban J connectivity index is 2.81. The molecule has 0 bridgehead atoms. The maximum absolute atomic E-state index is 11.7. The standard InChI is InChI=1S/C12H19N3O/c1-5-13-7-9(2)8-15-11(4)6-10(3)14-12(15)16/h6,13H,2,5,7-8H2,1,3-4H3. The SMILES string of the molecule is C=C(CNCC)Cn1c(C)cc(C)nc1=O. The molecule has 0 aliphatic heterocycles. The summed E-state index contributed by atoms with van der Waals surface area (Å²) in [5, 5.41) is 3.18. The van der Waals surface area contributed by atoms with Crippen LogP contribution >= 0.6 is 0 Å². The molecule has 0 radical (unpaired) electrons. The first-order valence-corrected chi connectivity index (χ1v) is 5.47. The molecule has 1 aromatic rings. The van der Waals surface area contributed by atoms with Gasteiger partial charge < -0.3 is 5.32 Å². The van der Waals surface area contributed by atoms with Gasteiger partial charge in [0.15, 0.2) is 0 Å². The van der Waals surface area contributed by atoms with Gasteiger partial charge in [-0.05, 0) is 32.0 Å². The third-order valence-corrected chi connectivity index (χ3v) is 2.35. The van der Waals surface area contributed by atoms with Crippen LogP contribution in [-0.4, -0.2) is 22.6 Å². The van der Waals surface area contributed by atoms with Gasteiger partial charge in [0.25, 0.3) is 0 Å². The fourth-order valence-corrected chi connectivity index (χ4v) is 1.55. The maximum Gasteiger partial charge on any atom is 0.348 e. The number of nitrogens with one attached hydrogen (secondary N) is 1. The zero-order valence-electron chi connectivity index (χ0n) is 10.2. The van der Waals surface area contributed by atoms with Crippen molar-refractivity contribution in [3.8, 4) is 0 Å². The van der Waals surface area contributed by atoms with Crippen molar-refractivity contribution in [2.24, 2.45) is 0 Å². The molecule has 1 rings (SSSR count). The summed E-state index contributed by atoms with van der Waals surface area (Å²) < 4.78 is 1.65. The molecule has 1 heterocycles. The van der Waals surface area contributed by atoms with Crippen molar-refractivity contribution in [2.45, 2.75) is 27.3 Å². The smallest absolute Gasteiger partial charge is 0.313 e. The van der Waals surface area contributed by atoms with Gasteiger partial charge in [-0.2, -0.15) is 4.98 Å². The number of hydrogen-bond acceptors (Lipinski definition) is 3. The van der Waals surface area contributed by atoms with Crippen LogP contribution in [0.25, 0.3) is 0 Å². The number of hydrogen-bond donors (Lipinski definition) is 1. The molecular formula is C12H19N3O. The van der Waals surface area contributed by atoms with Crippen LogP contribution in [0.5, 0.6) is 0 Å². The van der Waals surface area contributed by atoms with Crippen LogP contribution in [0.1, 0.15) is 18.3 Å². The molecule has 0 saturated heterocycles. The Morgan fingerprint density at radius 1 is 1.56 bits per heavy atom. The second-order valence-corrected chi connectivity index (χ2v) is 3.94. The number of nitrogens with zero attached hydrogens (tertiary/aromatic N) is 2. The van der Waals surface area contributed by atoms with Gasteiger partial charge in [0, 0.05) is 24.5 Å². The van der Waals surface area contributed by atoms with E-state index >= 15 is 0 Å². The lowest BCUT2D eigenvalue weighted by molar-refractivity contribution is 0.652. The van der Waals surface area contributed by atoms with Gasteiger partial charge in [-0.3, -0.25) is 4.57 Å². The van der Waals surface area contributed by atoms with Crippen molar-refractivity contribution in [3.63, 3.8) is 0 Å². The summed E-state index contributed by atoms with van der Waals surface area (Å²) >= 11 is 0. The van der Waals surface area contributed by atoms with E-state index in [1.807, 2.05) is 26.8 Å². The Hall–Kier alpha value is -1.42. The lowest BCUT2D eigenvalue weighted by Crippen LogP contribution is -2.28. The van der Waals surface area contributed by atoms with E-state index in [4.69, 9.17) is 0 Å². The van der Waals surface area contributed by atoms with Crippen molar-refractivity contribution in [2.75, 3.05) is 13.1 Å². The van der Waals surface area contributed by atoms with E-state index in [-0.39, 0.29) is 5.69 Å². The molecule has 0 amide bonds. The summed E-state index contributed by atoms with van der Waals surface area (Å²) in [6.07, 6.45) is 0. The molecule has 0 aliphatic rings. The molecule has 0 spiro atoms. The molecule has 88 valence electrons. The lowest BCUT2D eigenvalue weighted by Gasteiger charge is -2.11. The predicted octanol–water partition coefficient (Wildman–Crippen LogP) is 1.03. The Morgan fingerprint density at radius 2 is 2.25 bits per heavy atom. The molecule has 0 atom stereocenters. The van der Waals surface area contributed by atoms with Gasteiger partial charge in [-0.1, -0.05) is 13.5 Å². The molecule has 0 fully saturated rings. The summed E-state index contributed by atoms with van der Waals surface area (Å²) in [4.78, 5) is 15.6. The van der Waals surface area contributed by atoms with E-state index in [1.165, 1.54) is 0 Å². The van der Waals surface area contributed by atoms with E-state index in [2.05, 4.69) is 16.9 Å². The highest BCUT2D eigenvalue weighted by atomic mass is 16.1. The van der Waals surface area contributed by atoms with Crippen LogP contribution < -0.4 is 11.0 Å². The molecule has 1 N–H and O–H groups in total. The number of rotatable bonds is 5. The summed E-state index contributed by atoms with van der Waals surface area (Å²) in [5.74, 6) is 0. The fraction of sp³-hybridized carbons (Fsp3) is 0.500. The topological polar surface area (TPSA) is 46.9 Å². The van der Waals surface area contributed by atoms with Gasteiger partial charge >= 0.3 is 5.69 Å². The van der Waals surface area contributed by atoms with Gasteiger partial charge in [-0.15, -0.1) is 0 Å². The highest BCUT2D eigenvalue weighted by Crippen LogP contribution is 2.00. The summed E-state index contributed by atoms with van der Waals surface area (Å²) in [6, 6.07) is 1.90. The van der Waals surface area contributed by atoms with Crippen LogP contribution in [-0.2, 0) is 6.54 Å². The number of aromatic nitrogens is 2. The molecule has 0 aliphatic carbocycles. The van der Waals surface area contributed by atoms with Gasteiger partial charge in [0.05, 0.1) is 0 Å². The highest BCUT2D eigenvalue weighted by Gasteiger charge is 2.04. The molecule has 4 nitrogen and oxygen atoms in total. The first-order valence-electron chi connectivity index (χ1n) is 5.47. The van der Waals surface area contributed by atoms with Crippen molar-refractivity contribution in [3.05, 3.63) is 40.1 Å². The molecule has 16 heavy (non-hydrogen) atoms. The van der Waals surface area contributed by atoms with E-state index < -0.39 is 0 Å². The maximum atomic E-state index is 11.7. The van der Waals surface area contributed by atoms with Gasteiger partial charge in [0.2, 0.25) is 0 Å². The molecule has 0 saturated carbocycles. The Labute approximate surface area is 96.0 Å². The first-order chi connectivity index (χ1) is 7.54. The Bertz CT molecular complexity index is 434. The monoisotopic (exact) mass is 221 g/mol. The molecule has 0 aromatic carbocycles. The minimum Gasteiger partial charge on any atom is -0.313 e. The second kappa shape index (κ2) is 5.61. The van der Waals surface area contributed by atoms with Crippen molar-refractivity contribution < 1.29 is 0 Å².